The molecule has 0 saturated heterocycles. The second-order valence-corrected chi connectivity index (χ2v) is 5.48. The highest BCUT2D eigenvalue weighted by Crippen LogP contribution is 2.30. The normalized spacial score (nSPS) is 13.8. The van der Waals surface area contributed by atoms with Crippen molar-refractivity contribution in [2.24, 2.45) is 5.73 Å². The van der Waals surface area contributed by atoms with Gasteiger partial charge in [0.25, 0.3) is 0 Å². The summed E-state index contributed by atoms with van der Waals surface area (Å²) < 4.78 is 0. The summed E-state index contributed by atoms with van der Waals surface area (Å²) in [6.45, 7) is 1.76. The molecule has 21 heavy (non-hydrogen) atoms. The summed E-state index contributed by atoms with van der Waals surface area (Å²) in [6, 6.07) is 13.6. The van der Waals surface area contributed by atoms with Gasteiger partial charge in [-0.3, -0.25) is 4.79 Å². The van der Waals surface area contributed by atoms with Gasteiger partial charge in [-0.2, -0.15) is 0 Å². The molecule has 4 heteroatoms. The third-order valence-corrected chi connectivity index (χ3v) is 3.91. The van der Waals surface area contributed by atoms with Crippen molar-refractivity contribution >= 4 is 17.3 Å². The van der Waals surface area contributed by atoms with Gasteiger partial charge in [-0.25, -0.2) is 0 Å². The number of nitrogen functional groups attached to an aromatic ring is 1. The van der Waals surface area contributed by atoms with Gasteiger partial charge in [-0.05, 0) is 48.2 Å². The van der Waals surface area contributed by atoms with E-state index in [2.05, 4.69) is 11.0 Å². The molecular weight excluding hydrogens is 262 g/mol. The number of benzene rings is 2. The number of primary amides is 1. The number of anilines is 2. The third kappa shape index (κ3) is 2.84. The summed E-state index contributed by atoms with van der Waals surface area (Å²) >= 11 is 0. The zero-order chi connectivity index (χ0) is 14.8. The summed E-state index contributed by atoms with van der Waals surface area (Å²) in [5.74, 6) is -0.389. The summed E-state index contributed by atoms with van der Waals surface area (Å²) in [6.07, 6.45) is 2.22. The summed E-state index contributed by atoms with van der Waals surface area (Å²) in [5.41, 5.74) is 16.2. The van der Waals surface area contributed by atoms with Crippen LogP contribution in [-0.2, 0) is 13.0 Å². The molecule has 0 aliphatic carbocycles. The van der Waals surface area contributed by atoms with E-state index in [1.165, 1.54) is 11.3 Å². The van der Waals surface area contributed by atoms with Crippen molar-refractivity contribution in [3.8, 4) is 0 Å². The number of amides is 1. The molecule has 0 atom stereocenters. The number of nitrogens with two attached hydrogens (primary N) is 2. The van der Waals surface area contributed by atoms with Gasteiger partial charge >= 0.3 is 0 Å². The Morgan fingerprint density at radius 3 is 2.86 bits per heavy atom. The number of aryl methyl sites for hydroxylation is 1. The molecule has 1 aliphatic heterocycles. The number of hydrogen-bond donors (Lipinski definition) is 2. The molecule has 3 rings (SSSR count). The van der Waals surface area contributed by atoms with Crippen LogP contribution in [0.1, 0.15) is 27.9 Å². The first-order valence-electron chi connectivity index (χ1n) is 7.15. The first-order chi connectivity index (χ1) is 10.1. The van der Waals surface area contributed by atoms with Crippen LogP contribution in [0.15, 0.2) is 42.5 Å². The lowest BCUT2D eigenvalue weighted by Gasteiger charge is -2.31. The average molecular weight is 281 g/mol. The van der Waals surface area contributed by atoms with Crippen LogP contribution in [0.25, 0.3) is 0 Å². The van der Waals surface area contributed by atoms with Crippen molar-refractivity contribution < 1.29 is 4.79 Å². The quantitative estimate of drug-likeness (QED) is 0.848. The Balaban J connectivity index is 1.88. The number of carbonyl (C=O) groups excluding carboxylic acids is 1. The Kier molecular flexibility index (Phi) is 3.52. The lowest BCUT2D eigenvalue weighted by atomic mass is 10.00. The Morgan fingerprint density at radius 2 is 2.05 bits per heavy atom. The third-order valence-electron chi connectivity index (χ3n) is 3.91. The molecule has 4 nitrogen and oxygen atoms in total. The summed E-state index contributed by atoms with van der Waals surface area (Å²) in [5, 5.41) is 0. The molecule has 0 spiro atoms. The smallest absolute Gasteiger partial charge is 0.248 e. The summed E-state index contributed by atoms with van der Waals surface area (Å²) in [4.78, 5) is 13.6. The molecule has 1 amide bonds. The highest BCUT2D eigenvalue weighted by Gasteiger charge is 2.17. The fraction of sp³-hybridized carbons (Fsp3) is 0.235. The first kappa shape index (κ1) is 13.5. The van der Waals surface area contributed by atoms with E-state index in [0.717, 1.165) is 37.2 Å². The van der Waals surface area contributed by atoms with Crippen LogP contribution in [0.3, 0.4) is 0 Å². The molecule has 2 aromatic rings. The predicted molar refractivity (Wildman–Crippen MR) is 85.2 cm³/mol. The van der Waals surface area contributed by atoms with E-state index in [4.69, 9.17) is 11.5 Å². The van der Waals surface area contributed by atoms with Gasteiger partial charge in [0.05, 0.1) is 0 Å². The fourth-order valence-corrected chi connectivity index (χ4v) is 2.88. The number of carbonyl (C=O) groups is 1. The molecule has 1 aliphatic rings. The molecule has 108 valence electrons. The van der Waals surface area contributed by atoms with E-state index in [9.17, 15) is 4.79 Å². The molecule has 2 aromatic carbocycles. The van der Waals surface area contributed by atoms with Crippen LogP contribution in [0.4, 0.5) is 11.4 Å². The van der Waals surface area contributed by atoms with Gasteiger partial charge in [-0.1, -0.05) is 18.2 Å². The van der Waals surface area contributed by atoms with Crippen molar-refractivity contribution in [3.05, 3.63) is 59.2 Å². The number of hydrogen-bond acceptors (Lipinski definition) is 3. The van der Waals surface area contributed by atoms with E-state index in [0.29, 0.717) is 5.56 Å². The van der Waals surface area contributed by atoms with E-state index >= 15 is 0 Å². The van der Waals surface area contributed by atoms with E-state index in [1.54, 1.807) is 6.07 Å². The lowest BCUT2D eigenvalue weighted by Crippen LogP contribution is -2.29. The van der Waals surface area contributed by atoms with Crippen LogP contribution in [0.5, 0.6) is 0 Å². The maximum Gasteiger partial charge on any atom is 0.248 e. The molecule has 0 fully saturated rings. The maximum atomic E-state index is 11.3. The zero-order valence-electron chi connectivity index (χ0n) is 11.9. The predicted octanol–water partition coefficient (Wildman–Crippen LogP) is 2.32. The minimum atomic E-state index is -0.389. The second-order valence-electron chi connectivity index (χ2n) is 5.48. The highest BCUT2D eigenvalue weighted by atomic mass is 16.1. The van der Waals surface area contributed by atoms with Crippen molar-refractivity contribution in [1.82, 2.24) is 0 Å². The molecule has 0 bridgehead atoms. The first-order valence-corrected chi connectivity index (χ1v) is 7.15. The van der Waals surface area contributed by atoms with E-state index in [1.807, 2.05) is 30.3 Å². The van der Waals surface area contributed by atoms with Crippen LogP contribution >= 0.6 is 0 Å². The molecule has 0 saturated carbocycles. The Labute approximate surface area is 124 Å². The van der Waals surface area contributed by atoms with Gasteiger partial charge in [0.1, 0.15) is 0 Å². The van der Waals surface area contributed by atoms with Crippen LogP contribution in [0, 0.1) is 0 Å². The Hall–Kier alpha value is -2.49. The minimum Gasteiger partial charge on any atom is -0.399 e. The Bertz CT molecular complexity index is 681. The fourth-order valence-electron chi connectivity index (χ4n) is 2.88. The molecule has 1 heterocycles. The van der Waals surface area contributed by atoms with Crippen LogP contribution < -0.4 is 16.4 Å². The van der Waals surface area contributed by atoms with Crippen molar-refractivity contribution in [2.45, 2.75) is 19.4 Å². The van der Waals surface area contributed by atoms with Crippen molar-refractivity contribution in [3.63, 3.8) is 0 Å². The monoisotopic (exact) mass is 281 g/mol. The Morgan fingerprint density at radius 1 is 1.19 bits per heavy atom. The van der Waals surface area contributed by atoms with Gasteiger partial charge in [0, 0.05) is 30.0 Å². The molecule has 0 aromatic heterocycles. The van der Waals surface area contributed by atoms with Gasteiger partial charge in [-0.15, -0.1) is 0 Å². The largest absolute Gasteiger partial charge is 0.399 e. The molecular formula is C17H19N3O. The highest BCUT2D eigenvalue weighted by molar-refractivity contribution is 5.92. The standard InChI is InChI=1S/C17H19N3O/c18-15-7-6-13-5-2-8-20(16(13)10-15)11-12-3-1-4-14(9-12)17(19)21/h1,3-4,6-7,9-10H,2,5,8,11,18H2,(H2,19,21). The van der Waals surface area contributed by atoms with E-state index in [-0.39, 0.29) is 5.91 Å². The van der Waals surface area contributed by atoms with Crippen LogP contribution in [0.2, 0.25) is 0 Å². The maximum absolute atomic E-state index is 11.3. The van der Waals surface area contributed by atoms with Gasteiger partial charge in [0.15, 0.2) is 0 Å². The van der Waals surface area contributed by atoms with Crippen molar-refractivity contribution in [1.29, 1.82) is 0 Å². The molecule has 4 N–H and O–H groups in total. The lowest BCUT2D eigenvalue weighted by molar-refractivity contribution is 0.1000. The zero-order valence-corrected chi connectivity index (χ0v) is 11.9. The SMILES string of the molecule is NC(=O)c1cccc(CN2CCCc3ccc(N)cc32)c1. The van der Waals surface area contributed by atoms with Gasteiger partial charge in [0.2, 0.25) is 5.91 Å². The average Bonchev–Trinajstić information content (AvgIpc) is 2.48. The number of fused-ring (bicyclic) bond motifs is 1. The minimum absolute atomic E-state index is 0.389. The molecule has 0 unspecified atom stereocenters. The topological polar surface area (TPSA) is 72.4 Å². The van der Waals surface area contributed by atoms with Crippen LogP contribution in [-0.4, -0.2) is 12.5 Å². The number of nitrogens with zero attached hydrogens (tertiary/aromatic N) is 1. The molecule has 0 radical (unpaired) electrons. The van der Waals surface area contributed by atoms with E-state index < -0.39 is 0 Å². The second kappa shape index (κ2) is 5.48. The summed E-state index contributed by atoms with van der Waals surface area (Å²) in [7, 11) is 0. The van der Waals surface area contributed by atoms with Crippen molar-refractivity contribution in [2.75, 3.05) is 17.2 Å². The number of rotatable bonds is 3. The van der Waals surface area contributed by atoms with Gasteiger partial charge < -0.3 is 16.4 Å².